The zero-order valence-electron chi connectivity index (χ0n) is 14.6. The molecule has 0 spiro atoms. The summed E-state index contributed by atoms with van der Waals surface area (Å²) < 4.78 is 0. The third kappa shape index (κ3) is 8.13. The normalized spacial score (nSPS) is 24.5. The molecule has 1 saturated carbocycles. The molecule has 8 heteroatoms. The summed E-state index contributed by atoms with van der Waals surface area (Å²) in [4.78, 5) is 5.45. The second kappa shape index (κ2) is 14.1. The number of rotatable bonds is 4. The standard InChI is InChI=1S/C16H32N4.4ClH/c1-2-4-16(5-3-1,14-19-10-6-17-7-11-19)15-20-12-8-18-9-13-20;;;;/h17-18H,1-15H2;4*1H. The summed E-state index contributed by atoms with van der Waals surface area (Å²) in [6, 6.07) is 0. The fourth-order valence-electron chi connectivity index (χ4n) is 4.36. The van der Waals surface area contributed by atoms with Gasteiger partial charge in [0.15, 0.2) is 0 Å². The van der Waals surface area contributed by atoms with Crippen LogP contribution in [-0.2, 0) is 0 Å². The molecule has 0 unspecified atom stereocenters. The van der Waals surface area contributed by atoms with Crippen molar-refractivity contribution in [3.8, 4) is 0 Å². The number of hydrogen-bond acceptors (Lipinski definition) is 4. The zero-order chi connectivity index (χ0) is 13.7. The van der Waals surface area contributed by atoms with Gasteiger partial charge in [-0.1, -0.05) is 19.3 Å². The lowest BCUT2D eigenvalue weighted by molar-refractivity contribution is 0.0492. The van der Waals surface area contributed by atoms with Crippen LogP contribution in [0.2, 0.25) is 0 Å². The molecule has 0 aromatic rings. The van der Waals surface area contributed by atoms with Gasteiger partial charge in [0.25, 0.3) is 0 Å². The Morgan fingerprint density at radius 2 is 0.958 bits per heavy atom. The highest BCUT2D eigenvalue weighted by Crippen LogP contribution is 2.38. The van der Waals surface area contributed by atoms with E-state index in [0.717, 1.165) is 0 Å². The first-order valence-electron chi connectivity index (χ1n) is 8.73. The lowest BCUT2D eigenvalue weighted by atomic mass is 9.73. The monoisotopic (exact) mass is 424 g/mol. The molecule has 24 heavy (non-hydrogen) atoms. The molecule has 0 atom stereocenters. The Morgan fingerprint density at radius 1 is 0.583 bits per heavy atom. The van der Waals surface area contributed by atoms with Crippen molar-refractivity contribution in [3.05, 3.63) is 0 Å². The fourth-order valence-corrected chi connectivity index (χ4v) is 4.36. The van der Waals surface area contributed by atoms with Gasteiger partial charge in [-0.3, -0.25) is 0 Å². The fraction of sp³-hybridized carbons (Fsp3) is 1.00. The van der Waals surface area contributed by atoms with Crippen LogP contribution in [0.1, 0.15) is 32.1 Å². The van der Waals surface area contributed by atoms with Gasteiger partial charge >= 0.3 is 0 Å². The van der Waals surface area contributed by atoms with Gasteiger partial charge in [-0.15, -0.1) is 49.6 Å². The summed E-state index contributed by atoms with van der Waals surface area (Å²) in [5.74, 6) is 0. The predicted octanol–water partition coefficient (Wildman–Crippen LogP) is 2.43. The van der Waals surface area contributed by atoms with Gasteiger partial charge in [0.05, 0.1) is 0 Å². The van der Waals surface area contributed by atoms with Gasteiger partial charge < -0.3 is 20.4 Å². The maximum atomic E-state index is 3.49. The highest BCUT2D eigenvalue weighted by atomic mass is 35.5. The van der Waals surface area contributed by atoms with Gasteiger partial charge in [-0.05, 0) is 18.3 Å². The van der Waals surface area contributed by atoms with Crippen molar-refractivity contribution in [1.29, 1.82) is 0 Å². The van der Waals surface area contributed by atoms with Crippen LogP contribution in [0.5, 0.6) is 0 Å². The van der Waals surface area contributed by atoms with Crippen LogP contribution in [0.4, 0.5) is 0 Å². The average molecular weight is 426 g/mol. The zero-order valence-corrected chi connectivity index (χ0v) is 17.9. The lowest BCUT2D eigenvalue weighted by Crippen LogP contribution is -2.54. The lowest BCUT2D eigenvalue weighted by Gasteiger charge is -2.45. The Labute approximate surface area is 172 Å². The Kier molecular flexibility index (Phi) is 16.0. The smallest absolute Gasteiger partial charge is 0.0108 e. The van der Waals surface area contributed by atoms with Crippen LogP contribution < -0.4 is 10.6 Å². The molecule has 0 amide bonds. The molecular formula is C16H36Cl4N4. The molecule has 2 N–H and O–H groups in total. The van der Waals surface area contributed by atoms with Gasteiger partial charge in [0, 0.05) is 65.4 Å². The van der Waals surface area contributed by atoms with E-state index >= 15 is 0 Å². The van der Waals surface area contributed by atoms with Crippen LogP contribution in [0.15, 0.2) is 0 Å². The maximum Gasteiger partial charge on any atom is 0.0108 e. The van der Waals surface area contributed by atoms with Gasteiger partial charge in [-0.2, -0.15) is 0 Å². The molecule has 3 aliphatic rings. The minimum Gasteiger partial charge on any atom is -0.314 e. The summed E-state index contributed by atoms with van der Waals surface area (Å²) in [6.45, 7) is 12.4. The van der Waals surface area contributed by atoms with Crippen molar-refractivity contribution < 1.29 is 0 Å². The summed E-state index contributed by atoms with van der Waals surface area (Å²) in [5.41, 5.74) is 0.590. The van der Waals surface area contributed by atoms with Crippen LogP contribution >= 0.6 is 49.6 Å². The van der Waals surface area contributed by atoms with E-state index in [1.807, 2.05) is 0 Å². The third-order valence-corrected chi connectivity index (χ3v) is 5.45. The van der Waals surface area contributed by atoms with Crippen molar-refractivity contribution in [3.63, 3.8) is 0 Å². The third-order valence-electron chi connectivity index (χ3n) is 5.45. The average Bonchev–Trinajstić information content (AvgIpc) is 2.50. The molecule has 3 fully saturated rings. The minimum absolute atomic E-state index is 0. The number of nitrogens with one attached hydrogen (secondary N) is 2. The number of hydrogen-bond donors (Lipinski definition) is 2. The van der Waals surface area contributed by atoms with Crippen LogP contribution in [-0.4, -0.2) is 75.2 Å². The van der Waals surface area contributed by atoms with Crippen molar-refractivity contribution >= 4 is 49.6 Å². The van der Waals surface area contributed by atoms with E-state index in [2.05, 4.69) is 20.4 Å². The molecule has 3 rings (SSSR count). The van der Waals surface area contributed by atoms with E-state index < -0.39 is 0 Å². The van der Waals surface area contributed by atoms with Gasteiger partial charge in [0.2, 0.25) is 0 Å². The van der Waals surface area contributed by atoms with Crippen molar-refractivity contribution in [2.24, 2.45) is 5.41 Å². The van der Waals surface area contributed by atoms with Crippen molar-refractivity contribution in [2.45, 2.75) is 32.1 Å². The summed E-state index contributed by atoms with van der Waals surface area (Å²) in [7, 11) is 0. The molecule has 0 aromatic heterocycles. The summed E-state index contributed by atoms with van der Waals surface area (Å²) in [5, 5.41) is 6.97. The quantitative estimate of drug-likeness (QED) is 0.723. The largest absolute Gasteiger partial charge is 0.314 e. The Hall–Kier alpha value is 1.00. The summed E-state index contributed by atoms with van der Waals surface area (Å²) in [6.07, 6.45) is 7.29. The van der Waals surface area contributed by atoms with Crippen LogP contribution in [0.3, 0.4) is 0 Å². The number of nitrogens with zero attached hydrogens (tertiary/aromatic N) is 2. The van der Waals surface area contributed by atoms with E-state index in [4.69, 9.17) is 0 Å². The second-order valence-electron chi connectivity index (χ2n) is 7.11. The first-order chi connectivity index (χ1) is 9.86. The molecule has 0 bridgehead atoms. The molecule has 2 saturated heterocycles. The minimum atomic E-state index is 0. The second-order valence-corrected chi connectivity index (χ2v) is 7.11. The highest BCUT2D eigenvalue weighted by molar-refractivity contribution is 5.86. The van der Waals surface area contributed by atoms with Crippen LogP contribution in [0, 0.1) is 5.41 Å². The van der Waals surface area contributed by atoms with Crippen LogP contribution in [0.25, 0.3) is 0 Å². The predicted molar refractivity (Wildman–Crippen MR) is 113 cm³/mol. The highest BCUT2D eigenvalue weighted by Gasteiger charge is 2.36. The number of halogens is 4. The Morgan fingerprint density at radius 3 is 1.33 bits per heavy atom. The van der Waals surface area contributed by atoms with Gasteiger partial charge in [-0.25, -0.2) is 0 Å². The van der Waals surface area contributed by atoms with E-state index in [1.165, 1.54) is 97.6 Å². The Bertz CT molecular complexity index is 270. The topological polar surface area (TPSA) is 30.5 Å². The first-order valence-corrected chi connectivity index (χ1v) is 8.73. The number of piperazine rings is 2. The van der Waals surface area contributed by atoms with E-state index in [0.29, 0.717) is 5.41 Å². The molecule has 1 aliphatic carbocycles. The first kappa shape index (κ1) is 27.2. The Balaban J connectivity index is 0. The molecule has 4 nitrogen and oxygen atoms in total. The van der Waals surface area contributed by atoms with Crippen molar-refractivity contribution in [2.75, 3.05) is 65.4 Å². The SMILES string of the molecule is C1CCC(CN2CCNCC2)(CN2CCNCC2)CC1.Cl.Cl.Cl.Cl. The van der Waals surface area contributed by atoms with E-state index in [9.17, 15) is 0 Å². The molecular weight excluding hydrogens is 390 g/mol. The van der Waals surface area contributed by atoms with Crippen molar-refractivity contribution in [1.82, 2.24) is 20.4 Å². The van der Waals surface area contributed by atoms with E-state index in [1.54, 1.807) is 0 Å². The molecule has 2 heterocycles. The van der Waals surface area contributed by atoms with Gasteiger partial charge in [0.1, 0.15) is 0 Å². The maximum absolute atomic E-state index is 3.49. The summed E-state index contributed by atoms with van der Waals surface area (Å²) >= 11 is 0. The molecule has 2 aliphatic heterocycles. The molecule has 0 aromatic carbocycles. The molecule has 0 radical (unpaired) electrons. The van der Waals surface area contributed by atoms with E-state index in [-0.39, 0.29) is 49.6 Å². The molecule has 148 valence electrons.